The maximum atomic E-state index is 13.4. The minimum Gasteiger partial charge on any atom is -0.462 e. The van der Waals surface area contributed by atoms with Gasteiger partial charge in [-0.1, -0.05) is 57.5 Å². The highest BCUT2D eigenvalue weighted by atomic mass is 19.3. The molecule has 1 heterocycles. The van der Waals surface area contributed by atoms with Gasteiger partial charge in [0.25, 0.3) is 5.91 Å². The third kappa shape index (κ3) is 4.36. The molecule has 154 valence electrons. The van der Waals surface area contributed by atoms with Gasteiger partial charge in [0, 0.05) is 18.4 Å². The second-order valence-corrected chi connectivity index (χ2v) is 8.92. The second-order valence-electron chi connectivity index (χ2n) is 8.92. The number of esters is 1. The van der Waals surface area contributed by atoms with E-state index in [1.165, 1.54) is 5.56 Å². The molecule has 6 heteroatoms. The van der Waals surface area contributed by atoms with Gasteiger partial charge in [0.15, 0.2) is 0 Å². The highest BCUT2D eigenvalue weighted by Crippen LogP contribution is 2.43. The molecule has 0 spiro atoms. The standard InChI is InChI=1S/C22H29F2NO3/c1-14-9-10-17(21(2,3)15-7-5-4-6-8-15)18(11-14)28-19(26)12-16-13-22(23,24)20(27)25-16/h4-8,14,16-18H,9-13H2,1-3H3,(H,25,27)/t14-,16?,17-,18-/m1/s1. The van der Waals surface area contributed by atoms with Gasteiger partial charge in [-0.15, -0.1) is 0 Å². The highest BCUT2D eigenvalue weighted by molar-refractivity contribution is 5.87. The molecule has 1 amide bonds. The molecule has 1 N–H and O–H groups in total. The zero-order chi connectivity index (χ0) is 20.5. The fraction of sp³-hybridized carbons (Fsp3) is 0.636. The molecular weight excluding hydrogens is 364 g/mol. The van der Waals surface area contributed by atoms with Crippen molar-refractivity contribution < 1.29 is 23.1 Å². The van der Waals surface area contributed by atoms with Gasteiger partial charge in [-0.25, -0.2) is 0 Å². The van der Waals surface area contributed by atoms with Crippen LogP contribution in [-0.2, 0) is 19.7 Å². The van der Waals surface area contributed by atoms with Crippen molar-refractivity contribution in [3.05, 3.63) is 35.9 Å². The van der Waals surface area contributed by atoms with Gasteiger partial charge in [0.05, 0.1) is 6.42 Å². The van der Waals surface area contributed by atoms with Crippen molar-refractivity contribution in [1.29, 1.82) is 0 Å². The Hall–Kier alpha value is -1.98. The van der Waals surface area contributed by atoms with E-state index in [1.807, 2.05) is 18.2 Å². The number of carbonyl (C=O) groups excluding carboxylic acids is 2. The average Bonchev–Trinajstić information content (AvgIpc) is 2.87. The monoisotopic (exact) mass is 393 g/mol. The van der Waals surface area contributed by atoms with Crippen LogP contribution in [-0.4, -0.2) is 29.9 Å². The van der Waals surface area contributed by atoms with Gasteiger partial charge in [0.1, 0.15) is 6.10 Å². The normalized spacial score (nSPS) is 30.0. The topological polar surface area (TPSA) is 55.4 Å². The Kier molecular flexibility index (Phi) is 5.78. The molecule has 2 aliphatic rings. The van der Waals surface area contributed by atoms with Crippen molar-refractivity contribution in [2.45, 2.75) is 76.4 Å². The first kappa shape index (κ1) is 20.7. The minimum atomic E-state index is -3.40. The molecule has 1 saturated heterocycles. The first-order valence-corrected chi connectivity index (χ1v) is 10.0. The van der Waals surface area contributed by atoms with Gasteiger partial charge in [-0.2, -0.15) is 8.78 Å². The first-order valence-electron chi connectivity index (χ1n) is 10.0. The zero-order valence-corrected chi connectivity index (χ0v) is 16.7. The lowest BCUT2D eigenvalue weighted by Crippen LogP contribution is -2.44. The van der Waals surface area contributed by atoms with Gasteiger partial charge >= 0.3 is 11.9 Å². The molecule has 28 heavy (non-hydrogen) atoms. The number of carbonyl (C=O) groups is 2. The molecular formula is C22H29F2NO3. The van der Waals surface area contributed by atoms with Crippen LogP contribution in [0.2, 0.25) is 0 Å². The van der Waals surface area contributed by atoms with Gasteiger partial charge in [-0.05, 0) is 29.7 Å². The van der Waals surface area contributed by atoms with E-state index < -0.39 is 30.3 Å². The maximum absolute atomic E-state index is 13.4. The number of hydrogen-bond acceptors (Lipinski definition) is 3. The van der Waals surface area contributed by atoms with Crippen molar-refractivity contribution in [2.75, 3.05) is 0 Å². The number of nitrogens with one attached hydrogen (secondary N) is 1. The van der Waals surface area contributed by atoms with Gasteiger partial charge < -0.3 is 10.1 Å². The number of benzene rings is 1. The summed E-state index contributed by atoms with van der Waals surface area (Å²) in [5.41, 5.74) is 1.01. The van der Waals surface area contributed by atoms with Crippen LogP contribution < -0.4 is 5.32 Å². The van der Waals surface area contributed by atoms with E-state index >= 15 is 0 Å². The fourth-order valence-corrected chi connectivity index (χ4v) is 4.65. The highest BCUT2D eigenvalue weighted by Gasteiger charge is 2.49. The number of rotatable bonds is 5. The molecule has 0 bridgehead atoms. The lowest BCUT2D eigenvalue weighted by molar-refractivity contribution is -0.157. The number of amides is 1. The summed E-state index contributed by atoms with van der Waals surface area (Å²) in [6.45, 7) is 6.48. The number of ether oxygens (including phenoxy) is 1. The predicted octanol–water partition coefficient (Wildman–Crippen LogP) is 4.23. The summed E-state index contributed by atoms with van der Waals surface area (Å²) < 4.78 is 32.6. The number of hydrogen-bond donors (Lipinski definition) is 1. The summed E-state index contributed by atoms with van der Waals surface area (Å²) in [5, 5.41) is 2.20. The Balaban J connectivity index is 1.69. The van der Waals surface area contributed by atoms with Crippen LogP contribution in [0.25, 0.3) is 0 Å². The molecule has 0 radical (unpaired) electrons. The molecule has 0 aromatic heterocycles. The van der Waals surface area contributed by atoms with Crippen LogP contribution in [0.4, 0.5) is 8.78 Å². The van der Waals surface area contributed by atoms with Crippen LogP contribution in [0.15, 0.2) is 30.3 Å². The van der Waals surface area contributed by atoms with Crippen LogP contribution in [0.5, 0.6) is 0 Å². The maximum Gasteiger partial charge on any atom is 0.326 e. The molecule has 4 nitrogen and oxygen atoms in total. The average molecular weight is 393 g/mol. The summed E-state index contributed by atoms with van der Waals surface area (Å²) >= 11 is 0. The van der Waals surface area contributed by atoms with Crippen LogP contribution in [0.3, 0.4) is 0 Å². The molecule has 3 rings (SSSR count). The van der Waals surface area contributed by atoms with Crippen molar-refractivity contribution in [1.82, 2.24) is 5.32 Å². The summed E-state index contributed by atoms with van der Waals surface area (Å²) in [5.74, 6) is -4.64. The number of alkyl halides is 2. The number of halogens is 2. The van der Waals surface area contributed by atoms with Crippen molar-refractivity contribution in [2.24, 2.45) is 11.8 Å². The Morgan fingerprint density at radius 1 is 1.25 bits per heavy atom. The van der Waals surface area contributed by atoms with Crippen LogP contribution in [0, 0.1) is 11.8 Å². The Morgan fingerprint density at radius 2 is 1.93 bits per heavy atom. The lowest BCUT2D eigenvalue weighted by Gasteiger charge is -2.44. The predicted molar refractivity (Wildman–Crippen MR) is 102 cm³/mol. The van der Waals surface area contributed by atoms with Crippen molar-refractivity contribution in [3.63, 3.8) is 0 Å². The lowest BCUT2D eigenvalue weighted by atomic mass is 9.64. The van der Waals surface area contributed by atoms with Gasteiger partial charge in [-0.3, -0.25) is 9.59 Å². The third-order valence-electron chi connectivity index (χ3n) is 6.36. The summed E-state index contributed by atoms with van der Waals surface area (Å²) in [4.78, 5) is 23.7. The molecule has 1 aromatic carbocycles. The van der Waals surface area contributed by atoms with Crippen molar-refractivity contribution >= 4 is 11.9 Å². The van der Waals surface area contributed by atoms with E-state index in [0.717, 1.165) is 19.3 Å². The third-order valence-corrected chi connectivity index (χ3v) is 6.36. The second kappa shape index (κ2) is 7.80. The molecule has 1 aliphatic carbocycles. The van der Waals surface area contributed by atoms with Gasteiger partial charge in [0.2, 0.25) is 0 Å². The van der Waals surface area contributed by atoms with E-state index in [-0.39, 0.29) is 23.9 Å². The van der Waals surface area contributed by atoms with E-state index in [0.29, 0.717) is 5.92 Å². The fourth-order valence-electron chi connectivity index (χ4n) is 4.65. The molecule has 1 unspecified atom stereocenters. The quantitative estimate of drug-likeness (QED) is 0.762. The Bertz CT molecular complexity index is 720. The largest absolute Gasteiger partial charge is 0.462 e. The summed E-state index contributed by atoms with van der Waals surface area (Å²) in [6, 6.07) is 9.31. The SMILES string of the molecule is C[C@@H]1CC[C@@H](C(C)(C)c2ccccc2)[C@H](OC(=O)CC2CC(F)(F)C(=O)N2)C1. The van der Waals surface area contributed by atoms with Crippen LogP contribution >= 0.6 is 0 Å². The molecule has 2 fully saturated rings. The first-order chi connectivity index (χ1) is 13.1. The smallest absolute Gasteiger partial charge is 0.326 e. The molecule has 1 aromatic rings. The van der Waals surface area contributed by atoms with E-state index in [2.05, 4.69) is 38.2 Å². The molecule has 1 aliphatic heterocycles. The summed E-state index contributed by atoms with van der Waals surface area (Å²) in [7, 11) is 0. The molecule has 1 saturated carbocycles. The van der Waals surface area contributed by atoms with Crippen LogP contribution in [0.1, 0.15) is 58.4 Å². The Morgan fingerprint density at radius 3 is 2.54 bits per heavy atom. The minimum absolute atomic E-state index is 0.148. The summed E-state index contributed by atoms with van der Waals surface area (Å²) in [6.07, 6.45) is 1.65. The van der Waals surface area contributed by atoms with E-state index in [9.17, 15) is 18.4 Å². The molecule has 4 atom stereocenters. The zero-order valence-electron chi connectivity index (χ0n) is 16.7. The van der Waals surface area contributed by atoms with E-state index in [1.54, 1.807) is 0 Å². The Labute approximate surface area is 165 Å². The van der Waals surface area contributed by atoms with Crippen molar-refractivity contribution in [3.8, 4) is 0 Å². The van der Waals surface area contributed by atoms with E-state index in [4.69, 9.17) is 4.74 Å².